The molecule has 0 unspecified atom stereocenters. The molecule has 0 atom stereocenters. The van der Waals surface area contributed by atoms with E-state index in [9.17, 15) is 14.3 Å². The van der Waals surface area contributed by atoms with Gasteiger partial charge in [-0.2, -0.15) is 5.10 Å². The number of allylic oxidation sites excluding steroid dienone is 1. The quantitative estimate of drug-likeness (QED) is 0.395. The van der Waals surface area contributed by atoms with E-state index in [4.69, 9.17) is 10.8 Å². The van der Waals surface area contributed by atoms with Crippen molar-refractivity contribution in [3.8, 4) is 28.3 Å². The average molecular weight is 436 g/mol. The van der Waals surface area contributed by atoms with Crippen LogP contribution in [0.5, 0.6) is 5.75 Å². The summed E-state index contributed by atoms with van der Waals surface area (Å²) in [5.74, 6) is -0.922. The molecule has 32 heavy (non-hydrogen) atoms. The van der Waals surface area contributed by atoms with E-state index in [2.05, 4.69) is 28.3 Å². The minimum absolute atomic E-state index is 0.0120. The highest BCUT2D eigenvalue weighted by atomic mass is 19.1. The van der Waals surface area contributed by atoms with Crippen molar-refractivity contribution in [1.29, 1.82) is 0 Å². The number of nitrogens with zero attached hydrogens (tertiary/aromatic N) is 2. The molecular formula is C24H25FN4O3. The van der Waals surface area contributed by atoms with Crippen LogP contribution in [0.3, 0.4) is 0 Å². The van der Waals surface area contributed by atoms with Crippen molar-refractivity contribution in [3.63, 3.8) is 0 Å². The largest absolute Gasteiger partial charge is 0.508 e. The molecule has 0 fully saturated rings. The molecule has 0 saturated heterocycles. The number of aromatic hydroxyl groups is 1. The SMILES string of the molecule is C=CN=C(C=C)CCCO.NC(=O)c1ccc(O)cc1-c1cc(-c2ccc(F)cc2)n[nH]1. The molecular weight excluding hydrogens is 411 g/mol. The van der Waals surface area contributed by atoms with Gasteiger partial charge in [-0.3, -0.25) is 14.9 Å². The number of carbonyl (C=O) groups excluding carboxylic acids is 1. The lowest BCUT2D eigenvalue weighted by molar-refractivity contribution is 0.100. The molecule has 0 aliphatic carbocycles. The van der Waals surface area contributed by atoms with Crippen molar-refractivity contribution in [2.45, 2.75) is 12.8 Å². The van der Waals surface area contributed by atoms with Gasteiger partial charge in [-0.15, -0.1) is 0 Å². The van der Waals surface area contributed by atoms with Crippen LogP contribution in [0.4, 0.5) is 4.39 Å². The number of aliphatic hydroxyl groups is 1. The van der Waals surface area contributed by atoms with Gasteiger partial charge < -0.3 is 15.9 Å². The molecule has 0 aliphatic rings. The van der Waals surface area contributed by atoms with Crippen LogP contribution >= 0.6 is 0 Å². The van der Waals surface area contributed by atoms with E-state index >= 15 is 0 Å². The molecule has 0 saturated carbocycles. The lowest BCUT2D eigenvalue weighted by atomic mass is 10.0. The van der Waals surface area contributed by atoms with E-state index in [1.807, 2.05) is 0 Å². The predicted molar refractivity (Wildman–Crippen MR) is 124 cm³/mol. The molecule has 1 aromatic heterocycles. The molecule has 2 aromatic carbocycles. The van der Waals surface area contributed by atoms with Crippen molar-refractivity contribution < 1.29 is 19.4 Å². The molecule has 7 nitrogen and oxygen atoms in total. The van der Waals surface area contributed by atoms with E-state index in [0.29, 0.717) is 17.0 Å². The molecule has 8 heteroatoms. The average Bonchev–Trinajstić information content (AvgIpc) is 3.27. The highest BCUT2D eigenvalue weighted by Gasteiger charge is 2.14. The molecule has 0 spiro atoms. The normalized spacial score (nSPS) is 10.8. The van der Waals surface area contributed by atoms with E-state index < -0.39 is 5.91 Å². The first-order valence-electron chi connectivity index (χ1n) is 9.75. The highest BCUT2D eigenvalue weighted by Crippen LogP contribution is 2.29. The summed E-state index contributed by atoms with van der Waals surface area (Å²) in [5, 5.41) is 25.0. The van der Waals surface area contributed by atoms with Crippen molar-refractivity contribution >= 4 is 11.6 Å². The zero-order valence-electron chi connectivity index (χ0n) is 17.5. The van der Waals surface area contributed by atoms with Crippen LogP contribution in [0.15, 0.2) is 79.0 Å². The van der Waals surface area contributed by atoms with Crippen LogP contribution in [-0.2, 0) is 0 Å². The van der Waals surface area contributed by atoms with Gasteiger partial charge in [0.2, 0.25) is 5.91 Å². The number of hydrogen-bond donors (Lipinski definition) is 4. The fourth-order valence-electron chi connectivity index (χ4n) is 2.79. The summed E-state index contributed by atoms with van der Waals surface area (Å²) in [6.45, 7) is 7.23. The first-order valence-corrected chi connectivity index (χ1v) is 9.75. The van der Waals surface area contributed by atoms with E-state index in [1.165, 1.54) is 36.5 Å². The Morgan fingerprint density at radius 1 is 1.19 bits per heavy atom. The molecule has 166 valence electrons. The summed E-state index contributed by atoms with van der Waals surface area (Å²) in [7, 11) is 0. The number of halogens is 1. The third-order valence-electron chi connectivity index (χ3n) is 4.36. The Hall–Kier alpha value is -4.04. The summed E-state index contributed by atoms with van der Waals surface area (Å²) in [6, 6.07) is 11.9. The summed E-state index contributed by atoms with van der Waals surface area (Å²) >= 11 is 0. The lowest BCUT2D eigenvalue weighted by Gasteiger charge is -2.04. The van der Waals surface area contributed by atoms with E-state index in [0.717, 1.165) is 24.1 Å². The first kappa shape index (κ1) is 24.2. The highest BCUT2D eigenvalue weighted by molar-refractivity contribution is 6.00. The van der Waals surface area contributed by atoms with E-state index in [1.54, 1.807) is 24.3 Å². The van der Waals surface area contributed by atoms with Crippen LogP contribution < -0.4 is 5.73 Å². The van der Waals surface area contributed by atoms with Gasteiger partial charge in [0, 0.05) is 35.2 Å². The number of aromatic nitrogens is 2. The Labute approximate surface area is 185 Å². The monoisotopic (exact) mass is 436 g/mol. The predicted octanol–water partition coefficient (Wildman–Crippen LogP) is 4.22. The van der Waals surface area contributed by atoms with Gasteiger partial charge in [-0.05, 0) is 67.4 Å². The van der Waals surface area contributed by atoms with Gasteiger partial charge in [0.25, 0.3) is 0 Å². The molecule has 5 N–H and O–H groups in total. The van der Waals surface area contributed by atoms with Crippen molar-refractivity contribution in [3.05, 3.63) is 85.3 Å². The molecule has 0 aliphatic heterocycles. The fraction of sp³-hybridized carbons (Fsp3) is 0.125. The number of aromatic amines is 1. The third-order valence-corrected chi connectivity index (χ3v) is 4.36. The Balaban J connectivity index is 0.000000309. The number of amides is 1. The van der Waals surface area contributed by atoms with Gasteiger partial charge in [-0.25, -0.2) is 4.39 Å². The number of H-pyrrole nitrogens is 1. The zero-order chi connectivity index (χ0) is 23.5. The number of nitrogens with one attached hydrogen (secondary N) is 1. The van der Waals surface area contributed by atoms with Gasteiger partial charge in [0.15, 0.2) is 0 Å². The Morgan fingerprint density at radius 3 is 2.50 bits per heavy atom. The van der Waals surface area contributed by atoms with Gasteiger partial charge in [0.1, 0.15) is 11.6 Å². The van der Waals surface area contributed by atoms with Crippen LogP contribution in [0.25, 0.3) is 22.5 Å². The maximum Gasteiger partial charge on any atom is 0.249 e. The number of primary amides is 1. The molecule has 1 amide bonds. The summed E-state index contributed by atoms with van der Waals surface area (Å²) in [6.07, 6.45) is 4.66. The second-order valence-electron chi connectivity index (χ2n) is 6.60. The van der Waals surface area contributed by atoms with Gasteiger partial charge in [0.05, 0.1) is 11.4 Å². The number of hydrogen-bond acceptors (Lipinski definition) is 5. The number of benzene rings is 2. The molecule has 0 bridgehead atoms. The second-order valence-corrected chi connectivity index (χ2v) is 6.60. The van der Waals surface area contributed by atoms with Crippen LogP contribution in [0, 0.1) is 5.82 Å². The number of aliphatic hydroxyl groups excluding tert-OH is 1. The van der Waals surface area contributed by atoms with Crippen molar-refractivity contribution in [2.24, 2.45) is 10.7 Å². The van der Waals surface area contributed by atoms with Crippen LogP contribution in [-0.4, -0.2) is 38.6 Å². The summed E-state index contributed by atoms with van der Waals surface area (Å²) in [4.78, 5) is 15.4. The number of aliphatic imine (C=N–C) groups is 1. The third kappa shape index (κ3) is 6.75. The van der Waals surface area contributed by atoms with Gasteiger partial charge in [-0.1, -0.05) is 13.2 Å². The van der Waals surface area contributed by atoms with E-state index in [-0.39, 0.29) is 23.7 Å². The van der Waals surface area contributed by atoms with Crippen LogP contribution in [0.1, 0.15) is 23.2 Å². The second kappa shape index (κ2) is 12.0. The Morgan fingerprint density at radius 2 is 1.91 bits per heavy atom. The Bertz CT molecular complexity index is 1100. The maximum atomic E-state index is 13.0. The standard InChI is InChI=1S/C16H12FN3O2.C8H13NO/c17-10-3-1-9(2-4-10)14-8-15(20-19-14)13-7-11(21)5-6-12(13)16(18)22;1-3-8(9-4-2)6-5-7-10/h1-8,21H,(H2,18,22)(H,19,20);3-4,10H,1-2,5-7H2. The van der Waals surface area contributed by atoms with Crippen molar-refractivity contribution in [2.75, 3.05) is 6.61 Å². The summed E-state index contributed by atoms with van der Waals surface area (Å²) < 4.78 is 13.0. The van der Waals surface area contributed by atoms with Gasteiger partial charge >= 0.3 is 0 Å². The number of phenols is 1. The maximum absolute atomic E-state index is 13.0. The lowest BCUT2D eigenvalue weighted by Crippen LogP contribution is -2.12. The number of carbonyl (C=O) groups is 1. The topological polar surface area (TPSA) is 125 Å². The fourth-order valence-corrected chi connectivity index (χ4v) is 2.79. The number of rotatable bonds is 8. The number of nitrogens with two attached hydrogens (primary N) is 1. The molecule has 3 aromatic rings. The summed E-state index contributed by atoms with van der Waals surface area (Å²) in [5.41, 5.74) is 8.79. The Kier molecular flexibility index (Phi) is 9.06. The van der Waals surface area contributed by atoms with Crippen molar-refractivity contribution in [1.82, 2.24) is 10.2 Å². The van der Waals surface area contributed by atoms with Crippen LogP contribution in [0.2, 0.25) is 0 Å². The zero-order valence-corrected chi connectivity index (χ0v) is 17.5. The first-order chi connectivity index (χ1) is 15.4. The molecule has 3 rings (SSSR count). The smallest absolute Gasteiger partial charge is 0.249 e. The number of phenolic OH excluding ortho intramolecular Hbond substituents is 1. The minimum Gasteiger partial charge on any atom is -0.508 e. The molecule has 0 radical (unpaired) electrons. The molecule has 1 heterocycles. The minimum atomic E-state index is -0.604.